The number of anilines is 1. The van der Waals surface area contributed by atoms with Gasteiger partial charge in [-0.2, -0.15) is 0 Å². The second-order valence-corrected chi connectivity index (χ2v) is 4.54. The Kier molecular flexibility index (Phi) is 2.88. The molecule has 0 aliphatic carbocycles. The third-order valence-corrected chi connectivity index (χ3v) is 3.06. The summed E-state index contributed by atoms with van der Waals surface area (Å²) in [5, 5.41) is 5.62. The molecule has 2 amide bonds. The Morgan fingerprint density at radius 1 is 1.24 bits per heavy atom. The number of hydrogen-bond acceptors (Lipinski definition) is 2. The number of nitrogens with one attached hydrogen (secondary N) is 2. The number of carbonyl (C=O) groups is 2. The van der Waals surface area contributed by atoms with Gasteiger partial charge in [0.2, 0.25) is 5.91 Å². The highest BCUT2D eigenvalue weighted by molar-refractivity contribution is 6.11. The Morgan fingerprint density at radius 3 is 2.65 bits per heavy atom. The van der Waals surface area contributed by atoms with Crippen LogP contribution in [0.5, 0.6) is 0 Å². The molecule has 1 atom stereocenters. The van der Waals surface area contributed by atoms with Gasteiger partial charge in [-0.3, -0.25) is 9.59 Å². The minimum Gasteiger partial charge on any atom is -0.338 e. The van der Waals surface area contributed by atoms with Crippen LogP contribution in [0.25, 0.3) is 0 Å². The van der Waals surface area contributed by atoms with Crippen molar-refractivity contribution in [3.05, 3.63) is 29.8 Å². The first kappa shape index (κ1) is 11.6. The van der Waals surface area contributed by atoms with E-state index in [0.29, 0.717) is 17.7 Å². The van der Waals surface area contributed by atoms with Crippen LogP contribution in [0.15, 0.2) is 24.3 Å². The van der Waals surface area contributed by atoms with Gasteiger partial charge in [0.25, 0.3) is 5.91 Å². The van der Waals surface area contributed by atoms with Crippen LogP contribution in [0.4, 0.5) is 5.69 Å². The zero-order valence-electron chi connectivity index (χ0n) is 10.0. The van der Waals surface area contributed by atoms with Crippen LogP contribution in [-0.4, -0.2) is 17.4 Å². The molecule has 2 rings (SSSR count). The number of carbonyl (C=O) groups excluding carboxylic acids is 2. The Balaban J connectivity index is 2.41. The van der Waals surface area contributed by atoms with Crippen LogP contribution in [0.1, 0.15) is 37.0 Å². The Morgan fingerprint density at radius 2 is 1.94 bits per heavy atom. The van der Waals surface area contributed by atoms with Crippen LogP contribution < -0.4 is 10.6 Å². The first-order valence-corrected chi connectivity index (χ1v) is 5.80. The predicted molar refractivity (Wildman–Crippen MR) is 65.9 cm³/mol. The summed E-state index contributed by atoms with van der Waals surface area (Å²) in [5.74, 6) is -0.354. The molecule has 0 bridgehead atoms. The fourth-order valence-electron chi connectivity index (χ4n) is 2.10. The van der Waals surface area contributed by atoms with E-state index in [9.17, 15) is 9.59 Å². The third kappa shape index (κ3) is 2.02. The van der Waals surface area contributed by atoms with Gasteiger partial charge in [-0.05, 0) is 25.5 Å². The monoisotopic (exact) mass is 232 g/mol. The molecular formula is C13H16N2O2. The lowest BCUT2D eigenvalue weighted by molar-refractivity contribution is -0.121. The molecule has 1 unspecified atom stereocenters. The van der Waals surface area contributed by atoms with Gasteiger partial charge in [-0.25, -0.2) is 0 Å². The Labute approximate surface area is 100 Å². The van der Waals surface area contributed by atoms with Gasteiger partial charge < -0.3 is 10.6 Å². The molecule has 0 radical (unpaired) electrons. The highest BCUT2D eigenvalue weighted by Gasteiger charge is 2.37. The van der Waals surface area contributed by atoms with Crippen molar-refractivity contribution in [3.8, 4) is 0 Å². The summed E-state index contributed by atoms with van der Waals surface area (Å²) in [6.45, 7) is 3.75. The molecule has 4 nitrogen and oxygen atoms in total. The van der Waals surface area contributed by atoms with Crippen molar-refractivity contribution in [3.63, 3.8) is 0 Å². The van der Waals surface area contributed by atoms with Crippen molar-refractivity contribution in [1.29, 1.82) is 0 Å². The SMILES string of the molecule is CCCC1(C)NC(=O)c2ccccc2NC1=O. The molecule has 17 heavy (non-hydrogen) atoms. The molecule has 1 aromatic rings. The van der Waals surface area contributed by atoms with Gasteiger partial charge in [0, 0.05) is 0 Å². The fraction of sp³-hybridized carbons (Fsp3) is 0.385. The van der Waals surface area contributed by atoms with E-state index < -0.39 is 5.54 Å². The van der Waals surface area contributed by atoms with Crippen molar-refractivity contribution < 1.29 is 9.59 Å². The molecule has 4 heteroatoms. The van der Waals surface area contributed by atoms with Crippen molar-refractivity contribution in [2.45, 2.75) is 32.2 Å². The van der Waals surface area contributed by atoms with Crippen LogP contribution in [0.2, 0.25) is 0 Å². The lowest BCUT2D eigenvalue weighted by atomic mass is 9.95. The lowest BCUT2D eigenvalue weighted by Crippen LogP contribution is -2.52. The normalized spacial score (nSPS) is 23.4. The number of fused-ring (bicyclic) bond motifs is 1. The number of hydrogen-bond donors (Lipinski definition) is 2. The minimum atomic E-state index is -0.829. The highest BCUT2D eigenvalue weighted by Crippen LogP contribution is 2.24. The summed E-state index contributed by atoms with van der Waals surface area (Å²) in [6, 6.07) is 7.04. The average Bonchev–Trinajstić information content (AvgIpc) is 2.37. The second kappa shape index (κ2) is 4.20. The number of benzene rings is 1. The van der Waals surface area contributed by atoms with Crippen LogP contribution in [0, 0.1) is 0 Å². The highest BCUT2D eigenvalue weighted by atomic mass is 16.2. The predicted octanol–water partition coefficient (Wildman–Crippen LogP) is 1.93. The number of rotatable bonds is 2. The topological polar surface area (TPSA) is 58.2 Å². The van der Waals surface area contributed by atoms with E-state index in [2.05, 4.69) is 10.6 Å². The van der Waals surface area contributed by atoms with Crippen molar-refractivity contribution >= 4 is 17.5 Å². The van der Waals surface area contributed by atoms with Crippen LogP contribution in [-0.2, 0) is 4.79 Å². The molecule has 1 aliphatic heterocycles. The van der Waals surface area contributed by atoms with E-state index in [-0.39, 0.29) is 11.8 Å². The molecular weight excluding hydrogens is 216 g/mol. The maximum Gasteiger partial charge on any atom is 0.254 e. The smallest absolute Gasteiger partial charge is 0.254 e. The second-order valence-electron chi connectivity index (χ2n) is 4.54. The third-order valence-electron chi connectivity index (χ3n) is 3.06. The molecule has 1 heterocycles. The minimum absolute atomic E-state index is 0.155. The van der Waals surface area contributed by atoms with Crippen molar-refractivity contribution in [1.82, 2.24) is 5.32 Å². The van der Waals surface area contributed by atoms with E-state index in [1.54, 1.807) is 31.2 Å². The summed E-state index contributed by atoms with van der Waals surface area (Å²) in [6.07, 6.45) is 1.46. The van der Waals surface area contributed by atoms with E-state index >= 15 is 0 Å². The van der Waals surface area contributed by atoms with E-state index in [0.717, 1.165) is 6.42 Å². The molecule has 2 N–H and O–H groups in total. The van der Waals surface area contributed by atoms with Crippen molar-refractivity contribution in [2.24, 2.45) is 0 Å². The van der Waals surface area contributed by atoms with E-state index in [1.165, 1.54) is 0 Å². The van der Waals surface area contributed by atoms with Gasteiger partial charge in [0.1, 0.15) is 5.54 Å². The maximum absolute atomic E-state index is 12.1. The Hall–Kier alpha value is -1.84. The lowest BCUT2D eigenvalue weighted by Gasteiger charge is -2.26. The maximum atomic E-state index is 12.1. The van der Waals surface area contributed by atoms with E-state index in [1.807, 2.05) is 6.92 Å². The summed E-state index contributed by atoms with van der Waals surface area (Å²) in [5.41, 5.74) is 0.265. The standard InChI is InChI=1S/C13H16N2O2/c1-3-8-13(2)12(17)14-10-7-5-4-6-9(10)11(16)15-13/h4-7H,3,8H2,1-2H3,(H,14,17)(H,15,16). The summed E-state index contributed by atoms with van der Waals surface area (Å²) in [4.78, 5) is 24.1. The summed E-state index contributed by atoms with van der Waals surface area (Å²) in [7, 11) is 0. The zero-order chi connectivity index (χ0) is 12.5. The van der Waals surface area contributed by atoms with E-state index in [4.69, 9.17) is 0 Å². The molecule has 1 aliphatic rings. The first-order valence-electron chi connectivity index (χ1n) is 5.80. The molecule has 0 aromatic heterocycles. The molecule has 0 saturated heterocycles. The fourth-order valence-corrected chi connectivity index (χ4v) is 2.10. The van der Waals surface area contributed by atoms with Gasteiger partial charge in [-0.15, -0.1) is 0 Å². The molecule has 90 valence electrons. The molecule has 0 saturated carbocycles. The van der Waals surface area contributed by atoms with Gasteiger partial charge in [0.05, 0.1) is 11.3 Å². The molecule has 0 fully saturated rings. The first-order chi connectivity index (χ1) is 8.07. The summed E-state index contributed by atoms with van der Waals surface area (Å²) < 4.78 is 0. The number of amides is 2. The summed E-state index contributed by atoms with van der Waals surface area (Å²) >= 11 is 0. The molecule has 0 spiro atoms. The van der Waals surface area contributed by atoms with Gasteiger partial charge in [-0.1, -0.05) is 25.5 Å². The zero-order valence-corrected chi connectivity index (χ0v) is 10.0. The number of para-hydroxylation sites is 1. The van der Waals surface area contributed by atoms with Gasteiger partial charge in [0.15, 0.2) is 0 Å². The largest absolute Gasteiger partial charge is 0.338 e. The Bertz CT molecular complexity index is 470. The molecule has 1 aromatic carbocycles. The van der Waals surface area contributed by atoms with Crippen LogP contribution in [0.3, 0.4) is 0 Å². The van der Waals surface area contributed by atoms with Crippen molar-refractivity contribution in [2.75, 3.05) is 5.32 Å². The van der Waals surface area contributed by atoms with Gasteiger partial charge >= 0.3 is 0 Å². The average molecular weight is 232 g/mol. The quantitative estimate of drug-likeness (QED) is 0.818. The van der Waals surface area contributed by atoms with Crippen LogP contribution >= 0.6 is 0 Å².